The Balaban J connectivity index is 2.07. The Morgan fingerprint density at radius 3 is 2.92 bits per heavy atom. The topological polar surface area (TPSA) is 77.5 Å². The van der Waals surface area contributed by atoms with Crippen molar-refractivity contribution in [1.29, 1.82) is 0 Å². The van der Waals surface area contributed by atoms with Gasteiger partial charge in [-0.1, -0.05) is 18.1 Å². The van der Waals surface area contributed by atoms with Crippen LogP contribution in [0.15, 0.2) is 29.1 Å². The Bertz CT molecular complexity index is 1090. The van der Waals surface area contributed by atoms with Crippen molar-refractivity contribution >= 4 is 22.2 Å². The standard InChI is InChI=1S/C18H14FN3O2S/c1-3-11-5-4-6-12(17(11)19)7-13-8-16(24)22-14(9-15(20)23)10(2)25-18(22)21-13/h1,4-6,8H,7,9H2,2H3,(H2,20,23). The van der Waals surface area contributed by atoms with E-state index < -0.39 is 11.7 Å². The predicted molar refractivity (Wildman–Crippen MR) is 94.1 cm³/mol. The first kappa shape index (κ1) is 16.9. The average molecular weight is 355 g/mol. The van der Waals surface area contributed by atoms with E-state index in [2.05, 4.69) is 10.9 Å². The highest BCUT2D eigenvalue weighted by Gasteiger charge is 2.16. The van der Waals surface area contributed by atoms with Crippen molar-refractivity contribution in [2.24, 2.45) is 5.73 Å². The van der Waals surface area contributed by atoms with Crippen LogP contribution in [0, 0.1) is 25.1 Å². The number of hydrogen-bond acceptors (Lipinski definition) is 4. The number of thiazole rings is 1. The second-order valence-electron chi connectivity index (χ2n) is 5.55. The third-order valence-corrected chi connectivity index (χ3v) is 4.81. The summed E-state index contributed by atoms with van der Waals surface area (Å²) in [6.45, 7) is 1.80. The number of terminal acetylenes is 1. The van der Waals surface area contributed by atoms with Crippen molar-refractivity contribution in [3.63, 3.8) is 0 Å². The highest BCUT2D eigenvalue weighted by atomic mass is 32.1. The summed E-state index contributed by atoms with van der Waals surface area (Å²) in [6.07, 6.45) is 5.39. The van der Waals surface area contributed by atoms with Crippen LogP contribution in [0.25, 0.3) is 4.96 Å². The fourth-order valence-electron chi connectivity index (χ4n) is 2.66. The third-order valence-electron chi connectivity index (χ3n) is 3.81. The van der Waals surface area contributed by atoms with E-state index in [1.165, 1.54) is 27.9 Å². The molecule has 2 heterocycles. The number of nitrogens with zero attached hydrogens (tertiary/aromatic N) is 2. The number of primary amides is 1. The van der Waals surface area contributed by atoms with Gasteiger partial charge in [0, 0.05) is 17.4 Å². The molecule has 0 bridgehead atoms. The van der Waals surface area contributed by atoms with Crippen molar-refractivity contribution in [3.05, 3.63) is 67.8 Å². The van der Waals surface area contributed by atoms with Crippen molar-refractivity contribution < 1.29 is 9.18 Å². The van der Waals surface area contributed by atoms with Gasteiger partial charge >= 0.3 is 0 Å². The summed E-state index contributed by atoms with van der Waals surface area (Å²) in [7, 11) is 0. The zero-order chi connectivity index (χ0) is 18.1. The van der Waals surface area contributed by atoms with Gasteiger partial charge in [0.2, 0.25) is 5.91 Å². The molecule has 2 aromatic heterocycles. The predicted octanol–water partition coefficient (Wildman–Crippen LogP) is 1.80. The highest BCUT2D eigenvalue weighted by molar-refractivity contribution is 7.17. The Kier molecular flexibility index (Phi) is 4.38. The summed E-state index contributed by atoms with van der Waals surface area (Å²) in [5.41, 5.74) is 6.44. The lowest BCUT2D eigenvalue weighted by Crippen LogP contribution is -2.21. The molecule has 0 saturated carbocycles. The van der Waals surface area contributed by atoms with E-state index in [9.17, 15) is 14.0 Å². The van der Waals surface area contributed by atoms with Gasteiger partial charge in [0.15, 0.2) is 4.96 Å². The lowest BCUT2D eigenvalue weighted by atomic mass is 10.1. The summed E-state index contributed by atoms with van der Waals surface area (Å²) >= 11 is 1.29. The molecular weight excluding hydrogens is 341 g/mol. The smallest absolute Gasteiger partial charge is 0.258 e. The fourth-order valence-corrected chi connectivity index (χ4v) is 3.67. The number of benzene rings is 1. The van der Waals surface area contributed by atoms with Crippen LogP contribution in [0.3, 0.4) is 0 Å². The van der Waals surface area contributed by atoms with Crippen LogP contribution in [0.4, 0.5) is 4.39 Å². The maximum atomic E-state index is 14.3. The second-order valence-corrected chi connectivity index (χ2v) is 6.73. The van der Waals surface area contributed by atoms with E-state index in [1.807, 2.05) is 0 Å². The molecule has 1 aromatic carbocycles. The average Bonchev–Trinajstić information content (AvgIpc) is 2.85. The number of aryl methyl sites for hydroxylation is 1. The summed E-state index contributed by atoms with van der Waals surface area (Å²) in [6, 6.07) is 6.13. The summed E-state index contributed by atoms with van der Waals surface area (Å²) in [4.78, 5) is 29.3. The van der Waals surface area contributed by atoms with Crippen LogP contribution in [0.1, 0.15) is 27.4 Å². The van der Waals surface area contributed by atoms with Crippen LogP contribution >= 0.6 is 11.3 Å². The zero-order valence-electron chi connectivity index (χ0n) is 13.4. The molecule has 126 valence electrons. The minimum absolute atomic E-state index is 0.0361. The molecule has 3 aromatic rings. The van der Waals surface area contributed by atoms with Gasteiger partial charge in [-0.3, -0.25) is 14.0 Å². The number of hydrogen-bond donors (Lipinski definition) is 1. The number of aromatic nitrogens is 2. The molecule has 0 fully saturated rings. The SMILES string of the molecule is C#Cc1cccc(Cc2cc(=O)n3c(CC(N)=O)c(C)sc3n2)c1F. The Morgan fingerprint density at radius 2 is 2.24 bits per heavy atom. The van der Waals surface area contributed by atoms with E-state index in [4.69, 9.17) is 12.2 Å². The van der Waals surface area contributed by atoms with E-state index in [0.717, 1.165) is 4.88 Å². The van der Waals surface area contributed by atoms with Crippen LogP contribution < -0.4 is 11.3 Å². The van der Waals surface area contributed by atoms with Gasteiger partial charge in [0.1, 0.15) is 5.82 Å². The molecule has 2 N–H and O–H groups in total. The van der Waals surface area contributed by atoms with Gasteiger partial charge in [0.25, 0.3) is 5.56 Å². The highest BCUT2D eigenvalue weighted by Crippen LogP contribution is 2.21. The Hall–Kier alpha value is -2.98. The first-order valence-corrected chi connectivity index (χ1v) is 8.25. The van der Waals surface area contributed by atoms with Gasteiger partial charge in [-0.15, -0.1) is 17.8 Å². The molecule has 0 aliphatic carbocycles. The van der Waals surface area contributed by atoms with Crippen molar-refractivity contribution in [1.82, 2.24) is 9.38 Å². The maximum absolute atomic E-state index is 14.3. The number of halogens is 1. The molecule has 0 radical (unpaired) electrons. The molecule has 25 heavy (non-hydrogen) atoms. The minimum atomic E-state index is -0.521. The molecule has 5 nitrogen and oxygen atoms in total. The monoisotopic (exact) mass is 355 g/mol. The molecule has 7 heteroatoms. The summed E-state index contributed by atoms with van der Waals surface area (Å²) < 4.78 is 15.7. The largest absolute Gasteiger partial charge is 0.369 e. The van der Waals surface area contributed by atoms with Crippen molar-refractivity contribution in [2.45, 2.75) is 19.8 Å². The van der Waals surface area contributed by atoms with Crippen LogP contribution in [0.2, 0.25) is 0 Å². The van der Waals surface area contributed by atoms with Crippen molar-refractivity contribution in [3.8, 4) is 12.3 Å². The number of carbonyl (C=O) groups is 1. The second kappa shape index (κ2) is 6.49. The third kappa shape index (κ3) is 3.16. The number of carbonyl (C=O) groups excluding carboxylic acids is 1. The fraction of sp³-hybridized carbons (Fsp3) is 0.167. The lowest BCUT2D eigenvalue weighted by molar-refractivity contribution is -0.117. The Morgan fingerprint density at radius 1 is 1.48 bits per heavy atom. The van der Waals surface area contributed by atoms with E-state index in [0.29, 0.717) is 21.9 Å². The van der Waals surface area contributed by atoms with Gasteiger partial charge < -0.3 is 5.73 Å². The van der Waals surface area contributed by atoms with Gasteiger partial charge in [-0.25, -0.2) is 9.37 Å². The van der Waals surface area contributed by atoms with Gasteiger partial charge in [0.05, 0.1) is 23.4 Å². The molecule has 0 spiro atoms. The van der Waals surface area contributed by atoms with E-state index in [-0.39, 0.29) is 24.0 Å². The summed E-state index contributed by atoms with van der Waals surface area (Å²) in [5, 5.41) is 0. The number of amides is 1. The molecule has 0 aliphatic rings. The first-order chi connectivity index (χ1) is 11.9. The quantitative estimate of drug-likeness (QED) is 0.725. The molecule has 1 amide bonds. The number of nitrogens with two attached hydrogens (primary N) is 1. The normalized spacial score (nSPS) is 10.8. The zero-order valence-corrected chi connectivity index (χ0v) is 14.2. The molecule has 0 unspecified atom stereocenters. The number of rotatable bonds is 4. The van der Waals surface area contributed by atoms with E-state index >= 15 is 0 Å². The van der Waals surface area contributed by atoms with Crippen LogP contribution in [-0.4, -0.2) is 15.3 Å². The molecule has 0 aliphatic heterocycles. The number of fused-ring (bicyclic) bond motifs is 1. The van der Waals surface area contributed by atoms with Gasteiger partial charge in [-0.2, -0.15) is 0 Å². The van der Waals surface area contributed by atoms with E-state index in [1.54, 1.807) is 19.1 Å². The minimum Gasteiger partial charge on any atom is -0.369 e. The van der Waals surface area contributed by atoms with Gasteiger partial charge in [-0.05, 0) is 18.6 Å². The van der Waals surface area contributed by atoms with Crippen LogP contribution in [0.5, 0.6) is 0 Å². The molecule has 0 atom stereocenters. The molecular formula is C18H14FN3O2S. The Labute approximate surface area is 146 Å². The lowest BCUT2D eigenvalue weighted by Gasteiger charge is -2.05. The maximum Gasteiger partial charge on any atom is 0.258 e. The summed E-state index contributed by atoms with van der Waals surface area (Å²) in [5.74, 6) is 1.28. The molecule has 0 saturated heterocycles. The van der Waals surface area contributed by atoms with Crippen LogP contribution in [-0.2, 0) is 17.6 Å². The van der Waals surface area contributed by atoms with Crippen molar-refractivity contribution in [2.75, 3.05) is 0 Å². The molecule has 3 rings (SSSR count). The first-order valence-electron chi connectivity index (χ1n) is 7.44.